The van der Waals surface area contributed by atoms with Crippen LogP contribution >= 0.6 is 11.8 Å². The molecule has 1 amide bonds. The number of fused-ring (bicyclic) bond motifs is 1. The number of thioether (sulfide) groups is 1. The van der Waals surface area contributed by atoms with E-state index in [4.69, 9.17) is 0 Å². The first-order valence-electron chi connectivity index (χ1n) is 7.98. The molecule has 0 fully saturated rings. The molecule has 0 saturated carbocycles. The number of nitrogens with zero attached hydrogens (tertiary/aromatic N) is 4. The summed E-state index contributed by atoms with van der Waals surface area (Å²) in [5, 5.41) is 15.1. The van der Waals surface area contributed by atoms with Crippen molar-refractivity contribution < 1.29 is 9.72 Å². The molecule has 0 bridgehead atoms. The van der Waals surface area contributed by atoms with E-state index in [2.05, 4.69) is 5.10 Å². The fourth-order valence-corrected chi connectivity index (χ4v) is 3.82. The minimum Gasteiger partial charge on any atom is -0.305 e. The summed E-state index contributed by atoms with van der Waals surface area (Å²) in [7, 11) is 0. The van der Waals surface area contributed by atoms with Crippen LogP contribution in [0.5, 0.6) is 0 Å². The summed E-state index contributed by atoms with van der Waals surface area (Å²) in [4.78, 5) is 26.0. The zero-order chi connectivity index (χ0) is 18.1. The second-order valence-corrected chi connectivity index (χ2v) is 6.83. The zero-order valence-electron chi connectivity index (χ0n) is 13.6. The molecule has 3 aromatic rings. The Hall–Kier alpha value is -3.13. The molecular weight excluding hydrogens is 352 g/mol. The second-order valence-electron chi connectivity index (χ2n) is 5.69. The van der Waals surface area contributed by atoms with Gasteiger partial charge in [-0.05, 0) is 30.3 Å². The van der Waals surface area contributed by atoms with Crippen molar-refractivity contribution in [2.24, 2.45) is 0 Å². The lowest BCUT2D eigenvalue weighted by Gasteiger charge is -2.28. The van der Waals surface area contributed by atoms with Crippen LogP contribution in [0, 0.1) is 10.1 Å². The highest BCUT2D eigenvalue weighted by molar-refractivity contribution is 7.99. The summed E-state index contributed by atoms with van der Waals surface area (Å²) in [5.41, 5.74) is 1.91. The number of benzene rings is 2. The van der Waals surface area contributed by atoms with Crippen molar-refractivity contribution >= 4 is 29.0 Å². The van der Waals surface area contributed by atoms with E-state index in [9.17, 15) is 14.9 Å². The van der Waals surface area contributed by atoms with Gasteiger partial charge in [-0.25, -0.2) is 4.68 Å². The molecule has 1 aromatic heterocycles. The molecule has 4 rings (SSSR count). The standard InChI is InChI=1S/C18H14N4O3S/c23-18(20-11-12-26-17-4-2-1-3-16(17)20)15-9-10-21(19-15)13-5-7-14(8-6-13)22(24)25/h1-10H,11-12H2. The SMILES string of the molecule is O=C(c1ccn(-c2ccc([N+](=O)[O-])cc2)n1)N1CCSc2ccccc21. The van der Waals surface area contributed by atoms with E-state index in [1.165, 1.54) is 12.1 Å². The Balaban J connectivity index is 1.60. The topological polar surface area (TPSA) is 81.3 Å². The molecule has 1 aliphatic rings. The first-order valence-corrected chi connectivity index (χ1v) is 8.96. The first-order chi connectivity index (χ1) is 12.6. The monoisotopic (exact) mass is 366 g/mol. The Kier molecular flexibility index (Phi) is 4.18. The Morgan fingerprint density at radius 1 is 1.12 bits per heavy atom. The smallest absolute Gasteiger partial charge is 0.278 e. The Morgan fingerprint density at radius 3 is 2.65 bits per heavy atom. The van der Waals surface area contributed by atoms with Gasteiger partial charge in [0, 0.05) is 35.5 Å². The molecule has 7 nitrogen and oxygen atoms in total. The van der Waals surface area contributed by atoms with Crippen LogP contribution in [-0.4, -0.2) is 32.9 Å². The number of anilines is 1. The fourth-order valence-electron chi connectivity index (χ4n) is 2.83. The van der Waals surface area contributed by atoms with Crippen molar-refractivity contribution in [3.8, 4) is 5.69 Å². The lowest BCUT2D eigenvalue weighted by molar-refractivity contribution is -0.384. The van der Waals surface area contributed by atoms with Crippen LogP contribution in [0.1, 0.15) is 10.5 Å². The summed E-state index contributed by atoms with van der Waals surface area (Å²) in [6.07, 6.45) is 1.68. The highest BCUT2D eigenvalue weighted by Crippen LogP contribution is 2.34. The summed E-state index contributed by atoms with van der Waals surface area (Å²) in [6, 6.07) is 15.5. The first kappa shape index (κ1) is 16.3. The minimum absolute atomic E-state index is 0.0135. The number of rotatable bonds is 3. The zero-order valence-corrected chi connectivity index (χ0v) is 14.4. The minimum atomic E-state index is -0.451. The number of non-ortho nitro benzene ring substituents is 1. The number of carbonyl (C=O) groups excluding carboxylic acids is 1. The third-order valence-corrected chi connectivity index (χ3v) is 5.15. The summed E-state index contributed by atoms with van der Waals surface area (Å²) in [6.45, 7) is 0.630. The predicted octanol–water partition coefficient (Wildman–Crippen LogP) is 3.53. The van der Waals surface area contributed by atoms with Crippen LogP contribution < -0.4 is 4.90 Å². The van der Waals surface area contributed by atoms with Gasteiger partial charge in [0.15, 0.2) is 5.69 Å². The van der Waals surface area contributed by atoms with Gasteiger partial charge in [-0.1, -0.05) is 12.1 Å². The molecule has 0 radical (unpaired) electrons. The van der Waals surface area contributed by atoms with E-state index >= 15 is 0 Å². The van der Waals surface area contributed by atoms with Crippen molar-refractivity contribution in [2.45, 2.75) is 4.90 Å². The molecule has 130 valence electrons. The predicted molar refractivity (Wildman–Crippen MR) is 99.1 cm³/mol. The number of amides is 1. The van der Waals surface area contributed by atoms with E-state index < -0.39 is 4.92 Å². The second kappa shape index (κ2) is 6.64. The van der Waals surface area contributed by atoms with Crippen LogP contribution in [0.2, 0.25) is 0 Å². The normalized spacial score (nSPS) is 13.3. The lowest BCUT2D eigenvalue weighted by Crippen LogP contribution is -2.35. The van der Waals surface area contributed by atoms with Gasteiger partial charge in [-0.15, -0.1) is 11.8 Å². The van der Waals surface area contributed by atoms with Crippen LogP contribution in [0.4, 0.5) is 11.4 Å². The summed E-state index contributed by atoms with van der Waals surface area (Å²) in [5.74, 6) is 0.685. The van der Waals surface area contributed by atoms with E-state index in [0.717, 1.165) is 16.3 Å². The van der Waals surface area contributed by atoms with Gasteiger partial charge in [-0.2, -0.15) is 5.10 Å². The number of carbonyl (C=O) groups is 1. The Labute approximate surface area is 153 Å². The van der Waals surface area contributed by atoms with Gasteiger partial charge in [0.05, 0.1) is 16.3 Å². The van der Waals surface area contributed by atoms with E-state index in [-0.39, 0.29) is 11.6 Å². The van der Waals surface area contributed by atoms with Gasteiger partial charge in [0.1, 0.15) is 0 Å². The molecule has 8 heteroatoms. The maximum atomic E-state index is 12.9. The van der Waals surface area contributed by atoms with Crippen molar-refractivity contribution in [2.75, 3.05) is 17.2 Å². The fraction of sp³-hybridized carbons (Fsp3) is 0.111. The number of nitro groups is 1. The van der Waals surface area contributed by atoms with Crippen LogP contribution in [0.25, 0.3) is 5.69 Å². The number of hydrogen-bond acceptors (Lipinski definition) is 5. The number of hydrogen-bond donors (Lipinski definition) is 0. The highest BCUT2D eigenvalue weighted by atomic mass is 32.2. The highest BCUT2D eigenvalue weighted by Gasteiger charge is 2.25. The van der Waals surface area contributed by atoms with Gasteiger partial charge < -0.3 is 4.90 Å². The quantitative estimate of drug-likeness (QED) is 0.523. The van der Waals surface area contributed by atoms with Crippen LogP contribution in [-0.2, 0) is 0 Å². The largest absolute Gasteiger partial charge is 0.305 e. The molecule has 0 spiro atoms. The molecule has 2 aromatic carbocycles. The number of nitro benzene ring substituents is 1. The molecule has 0 saturated heterocycles. The van der Waals surface area contributed by atoms with Crippen molar-refractivity contribution in [3.05, 3.63) is 76.6 Å². The molecule has 2 heterocycles. The maximum Gasteiger partial charge on any atom is 0.278 e. The summed E-state index contributed by atoms with van der Waals surface area (Å²) < 4.78 is 1.54. The number of para-hydroxylation sites is 1. The average Bonchev–Trinajstić information content (AvgIpc) is 3.17. The van der Waals surface area contributed by atoms with Gasteiger partial charge in [0.2, 0.25) is 0 Å². The Bertz CT molecular complexity index is 984. The average molecular weight is 366 g/mol. The molecular formula is C18H14N4O3S. The van der Waals surface area contributed by atoms with Gasteiger partial charge in [-0.3, -0.25) is 14.9 Å². The molecule has 0 unspecified atom stereocenters. The van der Waals surface area contributed by atoms with Crippen molar-refractivity contribution in [1.29, 1.82) is 0 Å². The molecule has 1 aliphatic heterocycles. The van der Waals surface area contributed by atoms with E-state index in [0.29, 0.717) is 17.9 Å². The number of aromatic nitrogens is 2. The third kappa shape index (κ3) is 2.95. The summed E-state index contributed by atoms with van der Waals surface area (Å²) >= 11 is 1.74. The van der Waals surface area contributed by atoms with Crippen molar-refractivity contribution in [1.82, 2.24) is 9.78 Å². The Morgan fingerprint density at radius 2 is 1.88 bits per heavy atom. The van der Waals surface area contributed by atoms with E-state index in [1.807, 2.05) is 24.3 Å². The molecule has 0 atom stereocenters. The van der Waals surface area contributed by atoms with Crippen molar-refractivity contribution in [3.63, 3.8) is 0 Å². The molecule has 26 heavy (non-hydrogen) atoms. The van der Waals surface area contributed by atoms with Crippen LogP contribution in [0.15, 0.2) is 65.7 Å². The molecule has 0 aliphatic carbocycles. The lowest BCUT2D eigenvalue weighted by atomic mass is 10.2. The van der Waals surface area contributed by atoms with Gasteiger partial charge in [0.25, 0.3) is 11.6 Å². The maximum absolute atomic E-state index is 12.9. The van der Waals surface area contributed by atoms with E-state index in [1.54, 1.807) is 45.7 Å². The van der Waals surface area contributed by atoms with Crippen LogP contribution in [0.3, 0.4) is 0 Å². The third-order valence-electron chi connectivity index (χ3n) is 4.11. The van der Waals surface area contributed by atoms with Gasteiger partial charge >= 0.3 is 0 Å². The molecule has 0 N–H and O–H groups in total.